The fraction of sp³-hybridized carbons (Fsp3) is 0.500. The van der Waals surface area contributed by atoms with Crippen molar-refractivity contribution in [1.82, 2.24) is 4.33 Å². The van der Waals surface area contributed by atoms with Gasteiger partial charge in [0.25, 0.3) is 0 Å². The average Bonchev–Trinajstić information content (AvgIpc) is 2.90. The summed E-state index contributed by atoms with van der Waals surface area (Å²) in [6.07, 6.45) is 5.22. The van der Waals surface area contributed by atoms with Crippen molar-refractivity contribution in [3.05, 3.63) is 53.0 Å². The van der Waals surface area contributed by atoms with Crippen LogP contribution in [0.5, 0.6) is 0 Å². The largest absolute Gasteiger partial charge is 0.323 e. The van der Waals surface area contributed by atoms with Gasteiger partial charge in [0.1, 0.15) is 0 Å². The fourth-order valence-electron chi connectivity index (χ4n) is 4.10. The molecule has 1 aromatic carbocycles. The van der Waals surface area contributed by atoms with Crippen LogP contribution < -0.4 is 0 Å². The van der Waals surface area contributed by atoms with Crippen molar-refractivity contribution in [2.45, 2.75) is 45.6 Å². The Kier molecular flexibility index (Phi) is 2.67. The van der Waals surface area contributed by atoms with Gasteiger partial charge in [0.05, 0.1) is 6.04 Å². The zero-order chi connectivity index (χ0) is 13.9. The van der Waals surface area contributed by atoms with Crippen LogP contribution >= 0.6 is 8.35 Å². The molecular formula is C18H22NP. The highest BCUT2D eigenvalue weighted by molar-refractivity contribution is 7.27. The topological polar surface area (TPSA) is 4.93 Å². The first-order chi connectivity index (χ1) is 9.57. The zero-order valence-electron chi connectivity index (χ0n) is 12.5. The first-order valence-electron chi connectivity index (χ1n) is 7.70. The summed E-state index contributed by atoms with van der Waals surface area (Å²) >= 11 is 0. The van der Waals surface area contributed by atoms with Gasteiger partial charge in [0, 0.05) is 19.8 Å². The Labute approximate surface area is 123 Å². The van der Waals surface area contributed by atoms with Crippen molar-refractivity contribution in [2.75, 3.05) is 0 Å². The highest BCUT2D eigenvalue weighted by atomic mass is 31.0. The lowest BCUT2D eigenvalue weighted by Gasteiger charge is -2.56. The molecule has 0 amide bonds. The van der Waals surface area contributed by atoms with E-state index in [1.165, 1.54) is 26.8 Å². The molecule has 0 aliphatic heterocycles. The number of benzene rings is 1. The van der Waals surface area contributed by atoms with Gasteiger partial charge in [-0.15, -0.1) is 0 Å². The lowest BCUT2D eigenvalue weighted by Crippen LogP contribution is -2.47. The van der Waals surface area contributed by atoms with Crippen molar-refractivity contribution in [3.8, 4) is 0 Å². The monoisotopic (exact) mass is 283 g/mol. The van der Waals surface area contributed by atoms with Crippen molar-refractivity contribution >= 4 is 8.35 Å². The third kappa shape index (κ3) is 1.66. The molecule has 20 heavy (non-hydrogen) atoms. The van der Waals surface area contributed by atoms with Gasteiger partial charge in [-0.1, -0.05) is 44.2 Å². The van der Waals surface area contributed by atoms with E-state index in [1.807, 2.05) is 0 Å². The predicted octanol–water partition coefficient (Wildman–Crippen LogP) is 5.36. The van der Waals surface area contributed by atoms with E-state index in [2.05, 4.69) is 61.6 Å². The van der Waals surface area contributed by atoms with Crippen LogP contribution in [0.4, 0.5) is 0 Å². The van der Waals surface area contributed by atoms with Crippen molar-refractivity contribution in [2.24, 2.45) is 11.3 Å². The van der Waals surface area contributed by atoms with Crippen LogP contribution in [0.25, 0.3) is 0 Å². The number of nitrogens with zero attached hydrogens (tertiary/aromatic N) is 1. The molecule has 1 fully saturated rings. The highest BCUT2D eigenvalue weighted by Gasteiger charge is 2.53. The van der Waals surface area contributed by atoms with E-state index in [0.29, 0.717) is 11.5 Å². The summed E-state index contributed by atoms with van der Waals surface area (Å²) < 4.78 is 2.52. The predicted molar refractivity (Wildman–Crippen MR) is 85.5 cm³/mol. The number of hydrogen-bond donors (Lipinski definition) is 0. The maximum absolute atomic E-state index is 2.52. The normalized spacial score (nSPS) is 27.9. The van der Waals surface area contributed by atoms with Gasteiger partial charge >= 0.3 is 0 Å². The Balaban J connectivity index is 1.70. The summed E-state index contributed by atoms with van der Waals surface area (Å²) in [6.45, 7) is 7.25. The minimum Gasteiger partial charge on any atom is -0.323 e. The molecule has 3 unspecified atom stereocenters. The van der Waals surface area contributed by atoms with Crippen LogP contribution in [0.3, 0.4) is 0 Å². The third-order valence-electron chi connectivity index (χ3n) is 5.81. The van der Waals surface area contributed by atoms with Gasteiger partial charge in [-0.25, -0.2) is 0 Å². The van der Waals surface area contributed by atoms with Crippen molar-refractivity contribution in [3.63, 3.8) is 0 Å². The Morgan fingerprint density at radius 1 is 1.25 bits per heavy atom. The molecule has 1 aromatic heterocycles. The lowest BCUT2D eigenvalue weighted by atomic mass is 9.49. The standard InChI is InChI=1S/C18H22NP/c1-12(13-7-5-4-6-8-13)19-11-15-16-9-14(18(16,2)3)10-17(15)20-19/h4-8,11-12,14,16H,9-10H2,1-3H3. The van der Waals surface area contributed by atoms with Crippen LogP contribution in [0.2, 0.25) is 0 Å². The SMILES string of the molecule is CC(c1ccccc1)n1cc2c(p1)CC1CC2C1(C)C. The number of hydrogen-bond acceptors (Lipinski definition) is 0. The van der Waals surface area contributed by atoms with Crippen LogP contribution in [0.15, 0.2) is 36.5 Å². The molecule has 0 saturated heterocycles. The van der Waals surface area contributed by atoms with Crippen LogP contribution in [-0.2, 0) is 6.42 Å². The molecule has 1 saturated carbocycles. The lowest BCUT2D eigenvalue weighted by molar-refractivity contribution is 0.0200. The fourth-order valence-corrected chi connectivity index (χ4v) is 5.50. The van der Waals surface area contributed by atoms with Crippen LogP contribution in [-0.4, -0.2) is 4.33 Å². The smallest absolute Gasteiger partial charge is 0.0593 e. The van der Waals surface area contributed by atoms with Gasteiger partial charge in [-0.2, -0.15) is 0 Å². The summed E-state index contributed by atoms with van der Waals surface area (Å²) in [5.41, 5.74) is 3.63. The molecule has 104 valence electrons. The molecule has 3 aliphatic rings. The van der Waals surface area contributed by atoms with E-state index in [-0.39, 0.29) is 0 Å². The summed E-state index contributed by atoms with van der Waals surface area (Å²) in [5, 5.41) is 1.70. The van der Waals surface area contributed by atoms with E-state index in [4.69, 9.17) is 0 Å². The Morgan fingerprint density at radius 2 is 2.00 bits per heavy atom. The second kappa shape index (κ2) is 4.21. The first kappa shape index (κ1) is 12.7. The first-order valence-corrected chi connectivity index (χ1v) is 8.55. The Hall–Kier alpha value is -1.07. The van der Waals surface area contributed by atoms with Crippen molar-refractivity contribution < 1.29 is 0 Å². The van der Waals surface area contributed by atoms with E-state index >= 15 is 0 Å². The molecule has 2 heteroatoms. The van der Waals surface area contributed by atoms with Crippen LogP contribution in [0, 0.1) is 11.3 Å². The average molecular weight is 283 g/mol. The van der Waals surface area contributed by atoms with E-state index in [1.54, 1.807) is 10.9 Å². The maximum Gasteiger partial charge on any atom is 0.0593 e. The summed E-state index contributed by atoms with van der Waals surface area (Å²) in [4.78, 5) is 0. The third-order valence-corrected chi connectivity index (χ3v) is 7.18. The molecule has 0 radical (unpaired) electrons. The molecular weight excluding hydrogens is 261 g/mol. The summed E-state index contributed by atoms with van der Waals surface area (Å²) in [5.74, 6) is 1.75. The van der Waals surface area contributed by atoms with E-state index in [0.717, 1.165) is 11.8 Å². The van der Waals surface area contributed by atoms with Crippen molar-refractivity contribution in [1.29, 1.82) is 0 Å². The van der Waals surface area contributed by atoms with Gasteiger partial charge in [-0.05, 0) is 48.1 Å². The molecule has 3 aliphatic carbocycles. The molecule has 3 atom stereocenters. The number of rotatable bonds is 2. The quantitative estimate of drug-likeness (QED) is 0.699. The van der Waals surface area contributed by atoms with Crippen LogP contribution in [0.1, 0.15) is 55.6 Å². The molecule has 1 nitrogen and oxygen atoms in total. The summed E-state index contributed by atoms with van der Waals surface area (Å²) in [6, 6.07) is 11.4. The van der Waals surface area contributed by atoms with Gasteiger partial charge in [-0.3, -0.25) is 0 Å². The summed E-state index contributed by atoms with van der Waals surface area (Å²) in [7, 11) is 1.44. The molecule has 0 spiro atoms. The molecule has 5 rings (SSSR count). The maximum atomic E-state index is 2.52. The van der Waals surface area contributed by atoms with Gasteiger partial charge in [0.2, 0.25) is 0 Å². The highest BCUT2D eigenvalue weighted by Crippen LogP contribution is 2.63. The van der Waals surface area contributed by atoms with Gasteiger partial charge in [0.15, 0.2) is 0 Å². The molecule has 1 heterocycles. The molecule has 0 N–H and O–H groups in total. The zero-order valence-corrected chi connectivity index (χ0v) is 13.4. The Bertz CT molecular complexity index is 641. The number of aromatic nitrogens is 1. The second-order valence-electron chi connectivity index (χ2n) is 7.11. The Morgan fingerprint density at radius 3 is 2.70 bits per heavy atom. The van der Waals surface area contributed by atoms with Gasteiger partial charge < -0.3 is 4.33 Å². The molecule has 2 bridgehead atoms. The minimum absolute atomic E-state index is 0.476. The van der Waals surface area contributed by atoms with E-state index in [9.17, 15) is 0 Å². The second-order valence-corrected chi connectivity index (χ2v) is 8.31. The molecule has 2 aromatic rings. The minimum atomic E-state index is 0.476. The van der Waals surface area contributed by atoms with E-state index < -0.39 is 0 Å².